The number of aliphatic hydroxyl groups excluding tert-OH is 1. The molecule has 3 aromatic rings. The molecule has 0 saturated heterocycles. The molecule has 2 aromatic carbocycles. The fourth-order valence-corrected chi connectivity index (χ4v) is 2.94. The van der Waals surface area contributed by atoms with E-state index in [2.05, 4.69) is 15.3 Å². The topological polar surface area (TPSA) is 67.3 Å². The summed E-state index contributed by atoms with van der Waals surface area (Å²) in [6.45, 7) is 0.164. The van der Waals surface area contributed by atoms with Crippen LogP contribution in [0.15, 0.2) is 54.6 Å². The summed E-state index contributed by atoms with van der Waals surface area (Å²) in [5.74, 6) is 0.345. The lowest BCUT2D eigenvalue weighted by molar-refractivity contribution is -0.137. The summed E-state index contributed by atoms with van der Waals surface area (Å²) in [5, 5.41) is 12.8. The molecule has 0 aliphatic carbocycles. The van der Waals surface area contributed by atoms with Crippen LogP contribution in [0, 0.1) is 0 Å². The largest absolute Gasteiger partial charge is 0.467 e. The maximum absolute atomic E-state index is 12.9. The maximum Gasteiger partial charge on any atom is 0.417 e. The molecule has 0 bridgehead atoms. The predicted molar refractivity (Wildman–Crippen MR) is 104 cm³/mol. The van der Waals surface area contributed by atoms with E-state index in [0.717, 1.165) is 11.6 Å². The number of aromatic nitrogens is 2. The Bertz CT molecular complexity index is 984. The van der Waals surface area contributed by atoms with E-state index in [0.29, 0.717) is 17.1 Å². The van der Waals surface area contributed by atoms with E-state index in [-0.39, 0.29) is 12.6 Å². The summed E-state index contributed by atoms with van der Waals surface area (Å²) >= 11 is 5.80. The average Bonchev–Trinajstić information content (AvgIpc) is 2.71. The predicted octanol–water partition coefficient (Wildman–Crippen LogP) is 4.97. The first-order valence-corrected chi connectivity index (χ1v) is 8.93. The third kappa shape index (κ3) is 5.16. The van der Waals surface area contributed by atoms with Crippen molar-refractivity contribution in [1.82, 2.24) is 9.97 Å². The molecule has 0 fully saturated rings. The number of nitrogens with zero attached hydrogens (tertiary/aromatic N) is 2. The highest BCUT2D eigenvalue weighted by molar-refractivity contribution is 6.31. The number of ether oxygens (including phenoxy) is 1. The number of hydrogen-bond acceptors (Lipinski definition) is 5. The zero-order valence-electron chi connectivity index (χ0n) is 15.2. The van der Waals surface area contributed by atoms with Gasteiger partial charge >= 0.3 is 12.2 Å². The van der Waals surface area contributed by atoms with Gasteiger partial charge < -0.3 is 15.2 Å². The minimum Gasteiger partial charge on any atom is -0.467 e. The van der Waals surface area contributed by atoms with Crippen LogP contribution >= 0.6 is 11.6 Å². The molecule has 0 aliphatic heterocycles. The Labute approximate surface area is 170 Å². The van der Waals surface area contributed by atoms with E-state index < -0.39 is 22.9 Å². The van der Waals surface area contributed by atoms with Crippen molar-refractivity contribution in [3.05, 3.63) is 70.7 Å². The summed E-state index contributed by atoms with van der Waals surface area (Å²) < 4.78 is 43.8. The van der Waals surface area contributed by atoms with Gasteiger partial charge in [-0.2, -0.15) is 23.1 Å². The molecule has 9 heteroatoms. The molecule has 5 nitrogen and oxygen atoms in total. The van der Waals surface area contributed by atoms with Gasteiger partial charge in [0, 0.05) is 18.2 Å². The number of aliphatic hydroxyl groups is 1. The molecule has 1 atom stereocenters. The number of rotatable bonds is 6. The Morgan fingerprint density at radius 1 is 1.10 bits per heavy atom. The molecule has 0 radical (unpaired) electrons. The minimum atomic E-state index is -4.54. The van der Waals surface area contributed by atoms with Crippen molar-refractivity contribution in [3.8, 4) is 17.3 Å². The van der Waals surface area contributed by atoms with Crippen molar-refractivity contribution < 1.29 is 23.0 Å². The second-order valence-electron chi connectivity index (χ2n) is 6.12. The Balaban J connectivity index is 1.85. The summed E-state index contributed by atoms with van der Waals surface area (Å²) in [6, 6.07) is 14.0. The van der Waals surface area contributed by atoms with Crippen molar-refractivity contribution in [2.45, 2.75) is 12.3 Å². The molecule has 29 heavy (non-hydrogen) atoms. The van der Waals surface area contributed by atoms with Gasteiger partial charge in [-0.15, -0.1) is 0 Å². The van der Waals surface area contributed by atoms with Crippen LogP contribution in [0.4, 0.5) is 19.0 Å². The van der Waals surface area contributed by atoms with Crippen LogP contribution in [0.3, 0.4) is 0 Å². The third-order valence-electron chi connectivity index (χ3n) is 4.12. The summed E-state index contributed by atoms with van der Waals surface area (Å²) in [6.07, 6.45) is -5.32. The molecule has 0 saturated carbocycles. The molecule has 0 spiro atoms. The second-order valence-corrected chi connectivity index (χ2v) is 6.53. The molecule has 2 N–H and O–H groups in total. The highest BCUT2D eigenvalue weighted by Crippen LogP contribution is 2.37. The number of methoxy groups -OCH3 is 1. The van der Waals surface area contributed by atoms with Crippen molar-refractivity contribution in [1.29, 1.82) is 0 Å². The number of alkyl halides is 3. The van der Waals surface area contributed by atoms with Gasteiger partial charge in [0.25, 0.3) is 0 Å². The second kappa shape index (κ2) is 8.67. The van der Waals surface area contributed by atoms with Gasteiger partial charge in [0.15, 0.2) is 0 Å². The summed E-state index contributed by atoms with van der Waals surface area (Å²) in [7, 11) is 1.38. The lowest BCUT2D eigenvalue weighted by atomic mass is 10.1. The molecular weight excluding hydrogens is 407 g/mol. The third-order valence-corrected chi connectivity index (χ3v) is 4.43. The normalized spacial score (nSPS) is 12.5. The standard InChI is InChI=1S/C20H17ClF3N3O2/c1-29-19-26-16(13-7-8-14(15(21)9-13)20(22,23)24)10-18(27-19)25-11-17(28)12-5-3-2-4-6-12/h2-10,17,28H,11H2,1H3,(H,25,26,27)/t17-/m0/s1. The van der Waals surface area contributed by atoms with Crippen molar-refractivity contribution in [2.75, 3.05) is 19.0 Å². The summed E-state index contributed by atoms with van der Waals surface area (Å²) in [5.41, 5.74) is 0.503. The molecule has 152 valence electrons. The molecule has 0 amide bonds. The van der Waals surface area contributed by atoms with Crippen LogP contribution in [-0.2, 0) is 6.18 Å². The molecule has 3 rings (SSSR count). The van der Waals surface area contributed by atoms with Gasteiger partial charge in [-0.25, -0.2) is 0 Å². The monoisotopic (exact) mass is 423 g/mol. The van der Waals surface area contributed by atoms with Crippen molar-refractivity contribution >= 4 is 17.4 Å². The van der Waals surface area contributed by atoms with E-state index in [1.54, 1.807) is 18.2 Å². The SMILES string of the molecule is COc1nc(NC[C@H](O)c2ccccc2)cc(-c2ccc(C(F)(F)F)c(Cl)c2)n1. The minimum absolute atomic E-state index is 0.0234. The first kappa shape index (κ1) is 20.9. The van der Waals surface area contributed by atoms with Crippen LogP contribution in [0.5, 0.6) is 6.01 Å². The van der Waals surface area contributed by atoms with E-state index in [1.807, 2.05) is 18.2 Å². The van der Waals surface area contributed by atoms with Crippen molar-refractivity contribution in [2.24, 2.45) is 0 Å². The fourth-order valence-electron chi connectivity index (χ4n) is 2.65. The fraction of sp³-hybridized carbons (Fsp3) is 0.200. The number of halogens is 4. The van der Waals surface area contributed by atoms with Gasteiger partial charge in [0.2, 0.25) is 0 Å². The highest BCUT2D eigenvalue weighted by atomic mass is 35.5. The Morgan fingerprint density at radius 3 is 2.45 bits per heavy atom. The number of benzene rings is 2. The Morgan fingerprint density at radius 2 is 1.83 bits per heavy atom. The van der Waals surface area contributed by atoms with Crippen LogP contribution in [0.1, 0.15) is 17.2 Å². The molecule has 0 unspecified atom stereocenters. The lowest BCUT2D eigenvalue weighted by Crippen LogP contribution is -2.13. The molecule has 1 heterocycles. The lowest BCUT2D eigenvalue weighted by Gasteiger charge is -2.14. The maximum atomic E-state index is 12.9. The van der Waals surface area contributed by atoms with Gasteiger partial charge in [-0.1, -0.05) is 48.0 Å². The van der Waals surface area contributed by atoms with Crippen molar-refractivity contribution in [3.63, 3.8) is 0 Å². The van der Waals surface area contributed by atoms with Crippen LogP contribution < -0.4 is 10.1 Å². The van der Waals surface area contributed by atoms with Gasteiger partial charge in [0.1, 0.15) is 5.82 Å². The van der Waals surface area contributed by atoms with Crippen LogP contribution in [-0.4, -0.2) is 28.7 Å². The number of anilines is 1. The first-order chi connectivity index (χ1) is 13.8. The Kier molecular flexibility index (Phi) is 6.24. The van der Waals surface area contributed by atoms with Gasteiger partial charge in [-0.3, -0.25) is 0 Å². The van der Waals surface area contributed by atoms with Crippen LogP contribution in [0.25, 0.3) is 11.3 Å². The van der Waals surface area contributed by atoms with E-state index in [4.69, 9.17) is 16.3 Å². The van der Waals surface area contributed by atoms with E-state index >= 15 is 0 Å². The quantitative estimate of drug-likeness (QED) is 0.586. The molecule has 0 aliphatic rings. The molecule has 1 aromatic heterocycles. The number of nitrogens with one attached hydrogen (secondary N) is 1. The van der Waals surface area contributed by atoms with Gasteiger partial charge in [-0.05, 0) is 17.7 Å². The van der Waals surface area contributed by atoms with E-state index in [1.165, 1.54) is 19.2 Å². The zero-order chi connectivity index (χ0) is 21.0. The first-order valence-electron chi connectivity index (χ1n) is 8.55. The zero-order valence-corrected chi connectivity index (χ0v) is 16.0. The Hall–Kier alpha value is -2.84. The number of hydrogen-bond donors (Lipinski definition) is 2. The smallest absolute Gasteiger partial charge is 0.417 e. The highest BCUT2D eigenvalue weighted by Gasteiger charge is 2.33. The molecular formula is C20H17ClF3N3O2. The summed E-state index contributed by atoms with van der Waals surface area (Å²) in [4.78, 5) is 8.32. The average molecular weight is 424 g/mol. The van der Waals surface area contributed by atoms with Crippen LogP contribution in [0.2, 0.25) is 5.02 Å². The van der Waals surface area contributed by atoms with E-state index in [9.17, 15) is 18.3 Å². The van der Waals surface area contributed by atoms with Gasteiger partial charge in [0.05, 0.1) is 29.5 Å².